The van der Waals surface area contributed by atoms with E-state index < -0.39 is 61.9 Å². The Morgan fingerprint density at radius 3 is 1.74 bits per heavy atom. The van der Waals surface area contributed by atoms with Gasteiger partial charge in [-0.3, -0.25) is 0 Å². The largest absolute Gasteiger partial charge is 0.394 e. The first kappa shape index (κ1) is 50.2. The summed E-state index contributed by atoms with van der Waals surface area (Å²) in [6, 6.07) is 0. The van der Waals surface area contributed by atoms with Gasteiger partial charge in [0.2, 0.25) is 0 Å². The van der Waals surface area contributed by atoms with E-state index in [0.29, 0.717) is 33.0 Å². The molecule has 0 aromatic carbocycles. The molecule has 0 aromatic heterocycles. The van der Waals surface area contributed by atoms with Gasteiger partial charge in [0.05, 0.1) is 70.7 Å². The standard InChI is InChI=1S/C29H53N3O12.3Ac/c1-15-17(3)28(44-26-22(14-34)41-27(36)19(5)23(26)35)40-20(6)24(15)43-29-18(4)16(2)25(21(13-33)42-29)39-12-11-38-10-9-37-8-7-31-32-30;;;/h15-29,33-36H,7-14H2,1-6H3;;;/t15-,16-,17-,18-,19-,20-,21-,22-,23-,24+,25+,26-,27?,28+,29-;;;/m1.../s1. The first-order chi connectivity index (χ1) is 21.0. The SMILES string of the molecule is C[C@@H]1[C@@H](C)[C@H](O[C@H]2[C@H](O)[C@@H](C)C(O)O[C@@H]2CO)O[C@H](C)[C@H]1O[C@H]1O[C@H](CO)[C@@H](OCCOCCOCCN=[N+]=[N-])[C@H](C)[C@H]1C.[Ac].[Ac].[Ac]. The monoisotopic (exact) mass is 1320 g/mol. The molecule has 3 aliphatic rings. The van der Waals surface area contributed by atoms with E-state index in [4.69, 9.17) is 43.4 Å². The summed E-state index contributed by atoms with van der Waals surface area (Å²) in [6.07, 6.45) is -6.97. The molecule has 0 aromatic rings. The molecule has 0 saturated carbocycles. The van der Waals surface area contributed by atoms with Crippen molar-refractivity contribution in [2.24, 2.45) is 34.7 Å². The first-order valence-electron chi connectivity index (χ1n) is 15.7. The Hall–Kier alpha value is 3.15. The molecule has 15 atom stereocenters. The van der Waals surface area contributed by atoms with Gasteiger partial charge in [-0.1, -0.05) is 39.7 Å². The van der Waals surface area contributed by atoms with Crippen molar-refractivity contribution in [2.45, 2.75) is 103 Å². The van der Waals surface area contributed by atoms with Crippen molar-refractivity contribution >= 4 is 0 Å². The normalized spacial score (nSPS) is 40.3. The van der Waals surface area contributed by atoms with Gasteiger partial charge in [-0.05, 0) is 24.3 Å². The number of aliphatic hydroxyl groups is 4. The second-order valence-corrected chi connectivity index (χ2v) is 12.2. The van der Waals surface area contributed by atoms with Crippen LogP contribution in [0.5, 0.6) is 0 Å². The van der Waals surface area contributed by atoms with Crippen molar-refractivity contribution < 1.29 is 191 Å². The second kappa shape index (κ2) is 26.0. The van der Waals surface area contributed by atoms with Gasteiger partial charge in [0.25, 0.3) is 0 Å². The number of nitrogens with zero attached hydrogens (tertiary/aromatic N) is 3. The number of ether oxygens (including phenoxy) is 8. The van der Waals surface area contributed by atoms with Gasteiger partial charge < -0.3 is 58.3 Å². The van der Waals surface area contributed by atoms with Gasteiger partial charge in [0.1, 0.15) is 18.3 Å². The van der Waals surface area contributed by atoms with Gasteiger partial charge in [0, 0.05) is 161 Å². The summed E-state index contributed by atoms with van der Waals surface area (Å²) < 4.78 is 47.6. The fourth-order valence-corrected chi connectivity index (χ4v) is 6.01. The molecule has 0 aliphatic carbocycles. The Labute approximate surface area is 385 Å². The van der Waals surface area contributed by atoms with Crippen LogP contribution in [0, 0.1) is 162 Å². The van der Waals surface area contributed by atoms with E-state index in [-0.39, 0.29) is 181 Å². The van der Waals surface area contributed by atoms with Crippen molar-refractivity contribution in [2.75, 3.05) is 52.8 Å². The zero-order valence-electron chi connectivity index (χ0n) is 28.4. The van der Waals surface area contributed by atoms with Crippen molar-refractivity contribution in [3.05, 3.63) is 10.4 Å². The smallest absolute Gasteiger partial charge is 0.161 e. The molecule has 3 radical (unpaired) electrons. The molecule has 1 unspecified atom stereocenters. The maximum Gasteiger partial charge on any atom is 0.161 e. The fraction of sp³-hybridized carbons (Fsp3) is 1.00. The van der Waals surface area contributed by atoms with Crippen molar-refractivity contribution in [3.8, 4) is 0 Å². The van der Waals surface area contributed by atoms with Gasteiger partial charge in [-0.2, -0.15) is 0 Å². The molecule has 47 heavy (non-hydrogen) atoms. The third-order valence-electron chi connectivity index (χ3n) is 9.30. The number of azide groups is 1. The molecule has 18 heteroatoms. The van der Waals surface area contributed by atoms with Crippen LogP contribution in [-0.2, 0) is 37.9 Å². The topological polar surface area (TPSA) is 204 Å². The maximum absolute atomic E-state index is 10.8. The van der Waals surface area contributed by atoms with E-state index in [9.17, 15) is 20.4 Å². The Morgan fingerprint density at radius 2 is 1.15 bits per heavy atom. The fourth-order valence-electron chi connectivity index (χ4n) is 6.01. The Bertz CT molecular complexity index is 897. The van der Waals surface area contributed by atoms with Crippen LogP contribution in [-0.4, -0.2) is 135 Å². The van der Waals surface area contributed by atoms with E-state index >= 15 is 0 Å². The zero-order valence-corrected chi connectivity index (χ0v) is 42.7. The van der Waals surface area contributed by atoms with E-state index in [1.165, 1.54) is 0 Å². The number of aliphatic hydroxyl groups excluding tert-OH is 4. The third kappa shape index (κ3) is 14.4. The zero-order chi connectivity index (χ0) is 32.4. The molecule has 3 heterocycles. The minimum atomic E-state index is -1.20. The molecule has 0 spiro atoms. The van der Waals surface area contributed by atoms with Crippen LogP contribution in [0.2, 0.25) is 0 Å². The van der Waals surface area contributed by atoms with E-state index in [1.54, 1.807) is 6.92 Å². The Morgan fingerprint density at radius 1 is 0.638 bits per heavy atom. The van der Waals surface area contributed by atoms with Crippen LogP contribution < -0.4 is 0 Å². The van der Waals surface area contributed by atoms with E-state index in [2.05, 4.69) is 16.9 Å². The van der Waals surface area contributed by atoms with Gasteiger partial charge in [-0.15, -0.1) is 0 Å². The van der Waals surface area contributed by atoms with Crippen molar-refractivity contribution in [3.63, 3.8) is 0 Å². The molecular weight excluding hydrogens is 1260 g/mol. The summed E-state index contributed by atoms with van der Waals surface area (Å²) in [5, 5.41) is 44.1. The van der Waals surface area contributed by atoms with Gasteiger partial charge in [0.15, 0.2) is 18.9 Å². The number of rotatable bonds is 16. The van der Waals surface area contributed by atoms with Gasteiger partial charge in [-0.25, -0.2) is 0 Å². The summed E-state index contributed by atoms with van der Waals surface area (Å²) in [5.41, 5.74) is 8.25. The minimum Gasteiger partial charge on any atom is -0.394 e. The van der Waals surface area contributed by atoms with Crippen LogP contribution in [0.25, 0.3) is 10.4 Å². The molecule has 15 nitrogen and oxygen atoms in total. The summed E-state index contributed by atoms with van der Waals surface area (Å²) in [5.74, 6) is -0.818. The maximum atomic E-state index is 10.8. The molecule has 3 saturated heterocycles. The predicted molar refractivity (Wildman–Crippen MR) is 155 cm³/mol. The summed E-state index contributed by atoms with van der Waals surface area (Å²) in [6.45, 7) is 13.1. The van der Waals surface area contributed by atoms with Crippen LogP contribution in [0.1, 0.15) is 41.5 Å². The van der Waals surface area contributed by atoms with Crippen LogP contribution >= 0.6 is 0 Å². The molecular formula is C29H53Ac3N3O12. The average Bonchev–Trinajstić information content (AvgIpc) is 3.01. The summed E-state index contributed by atoms with van der Waals surface area (Å²) >= 11 is 0. The predicted octanol–water partition coefficient (Wildman–Crippen LogP) is 1.20. The molecule has 0 bridgehead atoms. The Balaban J connectivity index is 0.00000705. The quantitative estimate of drug-likeness (QED) is 0.0746. The molecule has 3 aliphatic heterocycles. The van der Waals surface area contributed by atoms with Crippen LogP contribution in [0.3, 0.4) is 0 Å². The van der Waals surface area contributed by atoms with Gasteiger partial charge >= 0.3 is 0 Å². The van der Waals surface area contributed by atoms with Crippen molar-refractivity contribution in [1.82, 2.24) is 0 Å². The third-order valence-corrected chi connectivity index (χ3v) is 9.30. The summed E-state index contributed by atoms with van der Waals surface area (Å²) in [4.78, 5) is 2.67. The van der Waals surface area contributed by atoms with Crippen LogP contribution in [0.4, 0.5) is 0 Å². The molecule has 265 valence electrons. The molecule has 4 N–H and O–H groups in total. The van der Waals surface area contributed by atoms with E-state index in [0.717, 1.165) is 0 Å². The first-order valence-corrected chi connectivity index (χ1v) is 15.7. The summed E-state index contributed by atoms with van der Waals surface area (Å²) in [7, 11) is 0. The van der Waals surface area contributed by atoms with Crippen molar-refractivity contribution in [1.29, 1.82) is 0 Å². The second-order valence-electron chi connectivity index (χ2n) is 12.2. The average molecular weight is 1320 g/mol. The minimum absolute atomic E-state index is 0. The van der Waals surface area contributed by atoms with E-state index in [1.807, 2.05) is 27.7 Å². The van der Waals surface area contributed by atoms with Crippen LogP contribution in [0.15, 0.2) is 5.11 Å². The number of hydrogen-bond donors (Lipinski definition) is 4. The molecule has 3 rings (SSSR count). The molecule has 3 fully saturated rings. The molecule has 0 amide bonds. The number of hydrogen-bond acceptors (Lipinski definition) is 13. The Kier molecular flexibility index (Phi) is 27.8.